The number of cyclic esters (lactones) is 3. The molecule has 6 aromatic rings. The number of nitrogens with one attached hydrogen (secondary N) is 6. The molecular weight excluding hydrogens is 1420 g/mol. The highest BCUT2D eigenvalue weighted by Gasteiger charge is 2.37. The molecular formula is C81H112ClN17O11. The Kier molecular flexibility index (Phi) is 30.1. The minimum absolute atomic E-state index is 0.138. The Morgan fingerprint density at radius 3 is 1.21 bits per heavy atom. The van der Waals surface area contributed by atoms with Crippen LogP contribution in [0.4, 0.5) is 54.3 Å². The van der Waals surface area contributed by atoms with Gasteiger partial charge in [0, 0.05) is 121 Å². The Morgan fingerprint density at radius 2 is 0.818 bits per heavy atom. The van der Waals surface area contributed by atoms with Crippen LogP contribution in [0.2, 0.25) is 0 Å². The summed E-state index contributed by atoms with van der Waals surface area (Å²) in [6.07, 6.45) is 35.6. The van der Waals surface area contributed by atoms with E-state index in [-0.39, 0.29) is 30.3 Å². The van der Waals surface area contributed by atoms with Crippen LogP contribution < -0.4 is 42.2 Å². The average Bonchev–Trinajstić information content (AvgIpc) is 1.58. The molecule has 10 N–H and O–H groups in total. The number of esters is 1. The van der Waals surface area contributed by atoms with Gasteiger partial charge >= 0.3 is 29.7 Å². The Labute approximate surface area is 649 Å². The fourth-order valence-electron chi connectivity index (χ4n) is 17.2. The maximum absolute atomic E-state index is 12.9. The lowest BCUT2D eigenvalue weighted by Gasteiger charge is -2.33. The molecule has 0 spiro atoms. The van der Waals surface area contributed by atoms with Crippen molar-refractivity contribution < 1.29 is 52.5 Å². The number of Topliss-reactive ketones (excluding diaryl/α,β-unsaturated/α-hetero) is 1. The number of nitrogens with two attached hydrogens (primary N) is 2. The first-order chi connectivity index (χ1) is 53.6. The molecule has 110 heavy (non-hydrogen) atoms. The van der Waals surface area contributed by atoms with Crippen LogP contribution in [-0.4, -0.2) is 172 Å². The van der Waals surface area contributed by atoms with Gasteiger partial charge in [0.25, 0.3) is 0 Å². The number of H-pyrrole nitrogens is 2. The van der Waals surface area contributed by atoms with Gasteiger partial charge in [-0.1, -0.05) is 62.1 Å². The number of halogens is 1. The van der Waals surface area contributed by atoms with E-state index in [2.05, 4.69) is 78.5 Å². The number of carbonyl (C=O) groups is 6. The summed E-state index contributed by atoms with van der Waals surface area (Å²) in [4.78, 5) is 93.2. The van der Waals surface area contributed by atoms with Crippen molar-refractivity contribution in [3.05, 3.63) is 109 Å². The van der Waals surface area contributed by atoms with Crippen LogP contribution in [0, 0.1) is 17.8 Å². The third-order valence-electron chi connectivity index (χ3n) is 23.4. The van der Waals surface area contributed by atoms with Crippen molar-refractivity contribution in [2.45, 2.75) is 253 Å². The molecule has 0 atom stereocenters. The van der Waals surface area contributed by atoms with E-state index >= 15 is 0 Å². The van der Waals surface area contributed by atoms with Crippen LogP contribution in [0.3, 0.4) is 0 Å². The fourth-order valence-corrected chi connectivity index (χ4v) is 17.3. The van der Waals surface area contributed by atoms with Crippen molar-refractivity contribution in [3.63, 3.8) is 0 Å². The van der Waals surface area contributed by atoms with Crippen LogP contribution in [0.1, 0.15) is 222 Å². The second kappa shape index (κ2) is 41.2. The van der Waals surface area contributed by atoms with Crippen molar-refractivity contribution in [1.82, 2.24) is 55.0 Å². The SMILES string of the molecule is NC1CCC(N2CCOC2=O)CC1.NC1CCC(Nc2nccc(Nc3cc(C4CCCC4)[nH]n3)n2)CC1.O=C(CC1CCC(N2CCOC2=O)CC1)Oc1ccccc1.O=C(CC1CCC(Nc2nccc(Nc3cc(C4CCCC4)[nH]n3)n2)CC1)CC1CCC(N2CCOC2=O)CC1.O=C(Cl)Oc1ccccc1. The number of amides is 3. The number of ketones is 1. The number of benzene rings is 2. The Hall–Kier alpha value is -9.15. The first-order valence-corrected chi connectivity index (χ1v) is 40.9. The quantitative estimate of drug-likeness (QED) is 0.0144. The smallest absolute Gasteiger partial charge is 0.410 e. The summed E-state index contributed by atoms with van der Waals surface area (Å²) in [6.45, 7) is 3.75. The molecule has 0 bridgehead atoms. The lowest BCUT2D eigenvalue weighted by Crippen LogP contribution is -2.41. The van der Waals surface area contributed by atoms with E-state index in [9.17, 15) is 28.8 Å². The van der Waals surface area contributed by atoms with Gasteiger partial charge in [0.1, 0.15) is 48.7 Å². The first-order valence-electron chi connectivity index (χ1n) is 40.5. The Bertz CT molecular complexity index is 3840. The number of hydrogen-bond donors (Lipinski definition) is 8. The largest absolute Gasteiger partial charge is 0.448 e. The van der Waals surface area contributed by atoms with E-state index in [0.717, 1.165) is 158 Å². The van der Waals surface area contributed by atoms with E-state index in [1.54, 1.807) is 48.8 Å². The zero-order valence-electron chi connectivity index (χ0n) is 63.4. The van der Waals surface area contributed by atoms with E-state index in [1.807, 2.05) is 51.1 Å². The summed E-state index contributed by atoms with van der Waals surface area (Å²) in [7, 11) is 0. The van der Waals surface area contributed by atoms with Gasteiger partial charge in [0.15, 0.2) is 11.6 Å². The van der Waals surface area contributed by atoms with Gasteiger partial charge in [-0.3, -0.25) is 19.8 Å². The number of carbonyl (C=O) groups excluding carboxylic acids is 6. The fraction of sp³-hybridized carbons (Fsp3) is 0.605. The van der Waals surface area contributed by atoms with Crippen molar-refractivity contribution in [1.29, 1.82) is 0 Å². The van der Waals surface area contributed by atoms with Gasteiger partial charge in [-0.15, -0.1) is 0 Å². The molecule has 29 heteroatoms. The normalized spacial score (nSPS) is 25.4. The average molecular weight is 1540 g/mol. The maximum atomic E-state index is 12.9. The molecule has 16 rings (SSSR count). The molecule has 594 valence electrons. The van der Waals surface area contributed by atoms with Crippen LogP contribution in [0.5, 0.6) is 11.5 Å². The Balaban J connectivity index is 0.000000139. The molecule has 4 aromatic heterocycles. The van der Waals surface area contributed by atoms with Crippen molar-refractivity contribution in [3.8, 4) is 11.5 Å². The van der Waals surface area contributed by atoms with Crippen LogP contribution in [0.15, 0.2) is 97.3 Å². The number of aromatic amines is 2. The van der Waals surface area contributed by atoms with Crippen LogP contribution >= 0.6 is 11.6 Å². The molecule has 7 aliphatic carbocycles. The molecule has 0 radical (unpaired) electrons. The van der Waals surface area contributed by atoms with Crippen molar-refractivity contribution >= 4 is 82.2 Å². The van der Waals surface area contributed by atoms with Gasteiger partial charge in [0.2, 0.25) is 11.9 Å². The molecule has 3 saturated heterocycles. The maximum Gasteiger partial charge on any atom is 0.410 e. The topological polar surface area (TPSA) is 367 Å². The standard InChI is InChI=1S/C30H43N7O3.C18H27N7.C17H21NO4.C9H16N2O2.C7H5ClO2/c38-25(18-21-7-11-24(12-8-21)37-15-16-40-30(37)39)17-20-5-9-23(10-6-20)32-29-31-14-13-27(34-29)33-28-19-26(35-36-28)22-3-1-2-4-22;19-13-5-7-14(8-6-13)21-18-20-10-9-16(23-18)22-17-11-15(24-25-17)12-3-1-2-4-12;19-16(22-15-4-2-1-3-5-15)12-13-6-8-14(9-7-13)18-10-11-21-17(18)20;10-7-1-3-8(4-2-7)11-5-6-13-9(11)12;8-7(9)10-6-4-2-1-3-5-6/h13-14,19-24H,1-12,15-18H2,(H3,31,32,33,34,35,36);9-14H,1-8,19H2,(H3,20,21,22,23,24,25);1-5,13-14H,6-12H2;7-8H,1-6,10H2;1-5H. The first kappa shape index (κ1) is 80.4. The molecule has 3 amide bonds. The van der Waals surface area contributed by atoms with E-state index < -0.39 is 5.43 Å². The van der Waals surface area contributed by atoms with Gasteiger partial charge in [0.05, 0.1) is 19.6 Å². The molecule has 10 aliphatic rings. The summed E-state index contributed by atoms with van der Waals surface area (Å²) < 4.78 is 24.9. The molecule has 2 aromatic carbocycles. The molecule has 28 nitrogen and oxygen atoms in total. The highest BCUT2D eigenvalue weighted by atomic mass is 35.5. The number of aromatic nitrogens is 8. The zero-order chi connectivity index (χ0) is 76.4. The number of nitrogens with zero attached hydrogens (tertiary/aromatic N) is 9. The lowest BCUT2D eigenvalue weighted by molar-refractivity contribution is -0.135. The number of hydrogen-bond acceptors (Lipinski definition) is 23. The monoisotopic (exact) mass is 1530 g/mol. The molecule has 7 saturated carbocycles. The zero-order valence-corrected chi connectivity index (χ0v) is 64.1. The second-order valence-corrected chi connectivity index (χ2v) is 31.5. The minimum atomic E-state index is -0.814. The predicted octanol–water partition coefficient (Wildman–Crippen LogP) is 15.3. The second-order valence-electron chi connectivity index (χ2n) is 31.2. The summed E-state index contributed by atoms with van der Waals surface area (Å²) in [6, 6.07) is 28.1. The summed E-state index contributed by atoms with van der Waals surface area (Å²) >= 11 is 4.95. The lowest BCUT2D eigenvalue weighted by atomic mass is 9.79. The summed E-state index contributed by atoms with van der Waals surface area (Å²) in [5.74, 6) is 8.22. The summed E-state index contributed by atoms with van der Waals surface area (Å²) in [5, 5.41) is 28.7. The van der Waals surface area contributed by atoms with Crippen LogP contribution in [0.25, 0.3) is 0 Å². The van der Waals surface area contributed by atoms with E-state index in [1.165, 1.54) is 62.8 Å². The third-order valence-corrected chi connectivity index (χ3v) is 23.4. The highest BCUT2D eigenvalue weighted by molar-refractivity contribution is 6.61. The Morgan fingerprint density at radius 1 is 0.455 bits per heavy atom. The number of ether oxygens (including phenoxy) is 5. The predicted molar refractivity (Wildman–Crippen MR) is 419 cm³/mol. The van der Waals surface area contributed by atoms with E-state index in [4.69, 9.17) is 42.0 Å². The summed E-state index contributed by atoms with van der Waals surface area (Å²) in [5.41, 5.74) is 13.4. The van der Waals surface area contributed by atoms with E-state index in [0.29, 0.717) is 147 Å². The minimum Gasteiger partial charge on any atom is -0.448 e. The molecule has 0 unspecified atom stereocenters. The molecule has 10 fully saturated rings. The number of para-hydroxylation sites is 2. The molecule has 7 heterocycles. The van der Waals surface area contributed by atoms with Gasteiger partial charge in [-0.05, 0) is 208 Å². The van der Waals surface area contributed by atoms with Gasteiger partial charge in [-0.2, -0.15) is 20.2 Å². The van der Waals surface area contributed by atoms with Gasteiger partial charge in [-0.25, -0.2) is 29.1 Å². The van der Waals surface area contributed by atoms with Crippen molar-refractivity contribution in [2.24, 2.45) is 29.2 Å². The molecule has 3 aliphatic heterocycles. The number of rotatable bonds is 21. The number of anilines is 6. The van der Waals surface area contributed by atoms with Crippen LogP contribution in [-0.2, 0) is 23.8 Å². The highest BCUT2D eigenvalue weighted by Crippen LogP contribution is 2.38. The third kappa shape index (κ3) is 24.9. The van der Waals surface area contributed by atoms with Gasteiger partial charge < -0.3 is 71.1 Å². The van der Waals surface area contributed by atoms with Crippen molar-refractivity contribution in [2.75, 3.05) is 60.7 Å².